The van der Waals surface area contributed by atoms with Gasteiger partial charge in [-0.2, -0.15) is 4.98 Å². The molecule has 3 aromatic rings. The highest BCUT2D eigenvalue weighted by atomic mass is 32.1. The molecule has 0 aliphatic carbocycles. The van der Waals surface area contributed by atoms with E-state index in [0.29, 0.717) is 29.4 Å². The van der Waals surface area contributed by atoms with Gasteiger partial charge in [0, 0.05) is 17.8 Å². The van der Waals surface area contributed by atoms with Gasteiger partial charge in [0.2, 0.25) is 5.82 Å². The van der Waals surface area contributed by atoms with E-state index in [1.165, 1.54) is 11.1 Å². The van der Waals surface area contributed by atoms with Gasteiger partial charge in [-0.05, 0) is 86.8 Å². The third-order valence-corrected chi connectivity index (χ3v) is 6.43. The van der Waals surface area contributed by atoms with Crippen molar-refractivity contribution < 1.29 is 9.26 Å². The van der Waals surface area contributed by atoms with Crippen LogP contribution in [0.15, 0.2) is 52.7 Å². The lowest BCUT2D eigenvalue weighted by Crippen LogP contribution is -2.47. The summed E-state index contributed by atoms with van der Waals surface area (Å²) in [4.78, 5) is 6.93. The zero-order valence-electron chi connectivity index (χ0n) is 20.7. The number of hydrogen-bond acceptors (Lipinski definition) is 5. The van der Waals surface area contributed by atoms with Crippen molar-refractivity contribution in [2.75, 3.05) is 13.2 Å². The van der Waals surface area contributed by atoms with Crippen LogP contribution in [0.5, 0.6) is 5.75 Å². The lowest BCUT2D eigenvalue weighted by atomic mass is 9.92. The van der Waals surface area contributed by atoms with Gasteiger partial charge in [0.15, 0.2) is 5.11 Å². The van der Waals surface area contributed by atoms with Crippen LogP contribution >= 0.6 is 12.2 Å². The average molecular weight is 477 g/mol. The molecule has 0 spiro atoms. The number of nitrogens with zero attached hydrogens (tertiary/aromatic N) is 3. The van der Waals surface area contributed by atoms with Gasteiger partial charge in [0.05, 0.1) is 18.2 Å². The fourth-order valence-corrected chi connectivity index (χ4v) is 4.48. The van der Waals surface area contributed by atoms with E-state index < -0.39 is 0 Å². The first-order chi connectivity index (χ1) is 16.3. The highest BCUT2D eigenvalue weighted by Crippen LogP contribution is 2.38. The number of ether oxygens (including phenoxy) is 1. The Hall–Kier alpha value is -3.19. The van der Waals surface area contributed by atoms with Gasteiger partial charge in [-0.25, -0.2) is 0 Å². The fourth-order valence-electron chi connectivity index (χ4n) is 4.15. The molecule has 1 aliphatic rings. The van der Waals surface area contributed by atoms with E-state index in [1.807, 2.05) is 31.2 Å². The Kier molecular flexibility index (Phi) is 7.03. The van der Waals surface area contributed by atoms with Gasteiger partial charge in [-0.15, -0.1) is 0 Å². The molecule has 0 radical (unpaired) electrons. The Morgan fingerprint density at radius 3 is 2.47 bits per heavy atom. The van der Waals surface area contributed by atoms with E-state index in [9.17, 15) is 0 Å². The molecule has 1 N–H and O–H groups in total. The first-order valence-corrected chi connectivity index (χ1v) is 12.1. The molecule has 0 saturated heterocycles. The minimum Gasteiger partial charge on any atom is -0.494 e. The van der Waals surface area contributed by atoms with Crippen molar-refractivity contribution >= 4 is 22.9 Å². The summed E-state index contributed by atoms with van der Waals surface area (Å²) in [6.07, 6.45) is 0. The van der Waals surface area contributed by atoms with Crippen LogP contribution in [0.25, 0.3) is 17.0 Å². The number of nitrogens with one attached hydrogen (secondary N) is 1. The second-order valence-corrected chi connectivity index (χ2v) is 9.50. The molecule has 34 heavy (non-hydrogen) atoms. The Bertz CT molecular complexity index is 1210. The molecule has 0 bridgehead atoms. The summed E-state index contributed by atoms with van der Waals surface area (Å²) < 4.78 is 11.4. The van der Waals surface area contributed by atoms with Crippen LogP contribution in [0, 0.1) is 19.8 Å². The number of aryl methyl sites for hydroxylation is 2. The molecule has 0 amide bonds. The molecular formula is C27H32N4O2S. The monoisotopic (exact) mass is 476 g/mol. The molecule has 1 atom stereocenters. The standard InChI is InChI=1S/C27H32N4O2S/c1-7-32-22-12-10-20(11-13-22)25-29-26(33-30-25)23-19(6)31(15-16(2)3)27(34)28-24(23)21-9-8-17(4)18(5)14-21/h8-14,16,24H,7,15H2,1-6H3,(H,28,34). The van der Waals surface area contributed by atoms with E-state index in [-0.39, 0.29) is 6.04 Å². The zero-order valence-corrected chi connectivity index (χ0v) is 21.5. The minimum absolute atomic E-state index is 0.177. The molecule has 178 valence electrons. The predicted molar refractivity (Wildman–Crippen MR) is 139 cm³/mol. The second-order valence-electron chi connectivity index (χ2n) is 9.11. The Labute approximate surface area is 207 Å². The first-order valence-electron chi connectivity index (χ1n) is 11.7. The molecule has 1 aromatic heterocycles. The van der Waals surface area contributed by atoms with Gasteiger partial charge in [-0.1, -0.05) is 37.2 Å². The number of allylic oxidation sites excluding steroid dienone is 1. The lowest BCUT2D eigenvalue weighted by molar-refractivity contribution is 0.340. The Balaban J connectivity index is 1.77. The van der Waals surface area contributed by atoms with E-state index in [1.54, 1.807) is 0 Å². The summed E-state index contributed by atoms with van der Waals surface area (Å²) >= 11 is 5.78. The summed E-state index contributed by atoms with van der Waals surface area (Å²) in [6.45, 7) is 14.1. The van der Waals surface area contributed by atoms with Crippen LogP contribution < -0.4 is 10.1 Å². The second kappa shape index (κ2) is 9.97. The van der Waals surface area contributed by atoms with Gasteiger partial charge >= 0.3 is 0 Å². The van der Waals surface area contributed by atoms with Crippen molar-refractivity contribution in [2.45, 2.75) is 47.6 Å². The molecule has 4 rings (SSSR count). The Morgan fingerprint density at radius 1 is 1.09 bits per heavy atom. The van der Waals surface area contributed by atoms with Crippen LogP contribution in [0.2, 0.25) is 0 Å². The third-order valence-electron chi connectivity index (χ3n) is 6.09. The van der Waals surface area contributed by atoms with Gasteiger partial charge in [-0.3, -0.25) is 0 Å². The van der Waals surface area contributed by atoms with E-state index in [4.69, 9.17) is 26.5 Å². The minimum atomic E-state index is -0.177. The van der Waals surface area contributed by atoms with Crippen LogP contribution in [0.4, 0.5) is 0 Å². The highest BCUT2D eigenvalue weighted by molar-refractivity contribution is 7.80. The Morgan fingerprint density at radius 2 is 1.82 bits per heavy atom. The summed E-state index contributed by atoms with van der Waals surface area (Å²) in [7, 11) is 0. The smallest absolute Gasteiger partial charge is 0.258 e. The molecule has 7 heteroatoms. The molecule has 1 unspecified atom stereocenters. The summed E-state index contributed by atoms with van der Waals surface area (Å²) in [5.74, 6) is 2.29. The fraction of sp³-hybridized carbons (Fsp3) is 0.370. The maximum absolute atomic E-state index is 5.84. The molecule has 1 aliphatic heterocycles. The zero-order chi connectivity index (χ0) is 24.4. The van der Waals surface area contributed by atoms with E-state index in [2.05, 4.69) is 68.2 Å². The molecule has 0 fully saturated rings. The number of hydrogen-bond donors (Lipinski definition) is 1. The van der Waals surface area contributed by atoms with Crippen molar-refractivity contribution in [3.8, 4) is 17.1 Å². The summed E-state index contributed by atoms with van der Waals surface area (Å²) in [5.41, 5.74) is 6.45. The lowest BCUT2D eigenvalue weighted by Gasteiger charge is -2.38. The average Bonchev–Trinajstić information content (AvgIpc) is 3.28. The van der Waals surface area contributed by atoms with Crippen molar-refractivity contribution in [3.63, 3.8) is 0 Å². The van der Waals surface area contributed by atoms with Crippen molar-refractivity contribution in [1.82, 2.24) is 20.4 Å². The predicted octanol–water partition coefficient (Wildman–Crippen LogP) is 6.07. The molecule has 6 nitrogen and oxygen atoms in total. The van der Waals surface area contributed by atoms with E-state index >= 15 is 0 Å². The van der Waals surface area contributed by atoms with Crippen LogP contribution in [-0.4, -0.2) is 33.3 Å². The molecule has 2 aromatic carbocycles. The largest absolute Gasteiger partial charge is 0.494 e. The maximum Gasteiger partial charge on any atom is 0.258 e. The number of thiocarbonyl (C=S) groups is 1. The number of rotatable bonds is 7. The van der Waals surface area contributed by atoms with Crippen molar-refractivity contribution in [1.29, 1.82) is 0 Å². The van der Waals surface area contributed by atoms with Crippen molar-refractivity contribution in [3.05, 3.63) is 70.7 Å². The van der Waals surface area contributed by atoms with Gasteiger partial charge in [0.25, 0.3) is 5.89 Å². The molecule has 0 saturated carbocycles. The SMILES string of the molecule is CCOc1ccc(-c2noc(C3=C(C)N(CC(C)C)C(=S)NC3c3ccc(C)c(C)c3)n2)cc1. The van der Waals surface area contributed by atoms with Crippen molar-refractivity contribution in [2.24, 2.45) is 5.92 Å². The molecule has 2 heterocycles. The van der Waals surface area contributed by atoms with Crippen LogP contribution in [0.3, 0.4) is 0 Å². The first kappa shape index (κ1) is 24.0. The third kappa shape index (κ3) is 4.85. The normalized spacial score (nSPS) is 16.3. The van der Waals surface area contributed by atoms with Gasteiger partial charge in [0.1, 0.15) is 5.75 Å². The van der Waals surface area contributed by atoms with Crippen LogP contribution in [-0.2, 0) is 0 Å². The summed E-state index contributed by atoms with van der Waals surface area (Å²) in [5, 5.41) is 8.55. The highest BCUT2D eigenvalue weighted by Gasteiger charge is 2.34. The van der Waals surface area contributed by atoms with E-state index in [0.717, 1.165) is 34.7 Å². The number of aromatic nitrogens is 2. The topological polar surface area (TPSA) is 63.4 Å². The summed E-state index contributed by atoms with van der Waals surface area (Å²) in [6, 6.07) is 14.0. The quantitative estimate of drug-likeness (QED) is 0.415. The van der Waals surface area contributed by atoms with Crippen LogP contribution in [0.1, 0.15) is 56.3 Å². The maximum atomic E-state index is 5.84. The number of benzene rings is 2. The molecular weight excluding hydrogens is 444 g/mol. The van der Waals surface area contributed by atoms with Gasteiger partial charge < -0.3 is 19.5 Å².